The second-order valence-corrected chi connectivity index (χ2v) is 8.26. The summed E-state index contributed by atoms with van der Waals surface area (Å²) in [6.45, 7) is 0.776. The highest BCUT2D eigenvalue weighted by Gasteiger charge is 2.39. The molecule has 2 amide bonds. The van der Waals surface area contributed by atoms with Gasteiger partial charge in [0.2, 0.25) is 5.91 Å². The highest BCUT2D eigenvalue weighted by molar-refractivity contribution is 7.17. The summed E-state index contributed by atoms with van der Waals surface area (Å²) in [5, 5.41) is 9.81. The molecule has 2 bridgehead atoms. The number of hydrogen-bond acceptors (Lipinski definition) is 4. The lowest BCUT2D eigenvalue weighted by Gasteiger charge is -2.21. The third-order valence-electron chi connectivity index (χ3n) is 5.80. The first-order valence-electron chi connectivity index (χ1n) is 9.07. The number of nitrogens with one attached hydrogen (secondary N) is 2. The molecule has 5 rings (SSSR count). The fourth-order valence-electron chi connectivity index (χ4n) is 4.50. The van der Waals surface area contributed by atoms with Crippen LogP contribution in [-0.4, -0.2) is 36.5 Å². The summed E-state index contributed by atoms with van der Waals surface area (Å²) >= 11 is 1.63. The van der Waals surface area contributed by atoms with Crippen molar-refractivity contribution in [3.05, 3.63) is 29.1 Å². The van der Waals surface area contributed by atoms with Crippen LogP contribution >= 0.6 is 11.3 Å². The van der Waals surface area contributed by atoms with Crippen LogP contribution in [0.15, 0.2) is 23.6 Å². The predicted octanol–water partition coefficient (Wildman–Crippen LogP) is 2.65. The molecule has 3 aliphatic rings. The van der Waals surface area contributed by atoms with Gasteiger partial charge in [-0.3, -0.25) is 9.59 Å². The summed E-state index contributed by atoms with van der Waals surface area (Å²) in [4.78, 5) is 26.7. The van der Waals surface area contributed by atoms with Crippen LogP contribution < -0.4 is 15.5 Å². The van der Waals surface area contributed by atoms with Gasteiger partial charge in [-0.1, -0.05) is 0 Å². The molecule has 1 aromatic heterocycles. The number of nitrogens with zero attached hydrogens (tertiary/aromatic N) is 1. The van der Waals surface area contributed by atoms with E-state index in [1.54, 1.807) is 11.3 Å². The monoisotopic (exact) mass is 355 g/mol. The average molecular weight is 355 g/mol. The van der Waals surface area contributed by atoms with Gasteiger partial charge in [0.1, 0.15) is 0 Å². The van der Waals surface area contributed by atoms with Crippen molar-refractivity contribution < 1.29 is 9.59 Å². The smallest absolute Gasteiger partial charge is 0.251 e. The molecule has 3 aliphatic heterocycles. The van der Waals surface area contributed by atoms with Crippen molar-refractivity contribution in [3.8, 4) is 0 Å². The number of benzene rings is 1. The van der Waals surface area contributed by atoms with E-state index < -0.39 is 0 Å². The molecule has 3 atom stereocenters. The molecule has 0 aliphatic carbocycles. The molecule has 4 heterocycles. The molecule has 6 heteroatoms. The van der Waals surface area contributed by atoms with Crippen molar-refractivity contribution in [2.75, 3.05) is 11.4 Å². The lowest BCUT2D eigenvalue weighted by Crippen LogP contribution is -2.42. The van der Waals surface area contributed by atoms with Gasteiger partial charge in [-0.2, -0.15) is 0 Å². The third kappa shape index (κ3) is 2.55. The van der Waals surface area contributed by atoms with Gasteiger partial charge < -0.3 is 15.5 Å². The second kappa shape index (κ2) is 5.81. The van der Waals surface area contributed by atoms with E-state index in [4.69, 9.17) is 0 Å². The van der Waals surface area contributed by atoms with Crippen LogP contribution in [-0.2, 0) is 4.79 Å². The minimum absolute atomic E-state index is 0.00820. The Labute approximate surface area is 150 Å². The molecule has 130 valence electrons. The zero-order valence-corrected chi connectivity index (χ0v) is 14.8. The molecule has 1 aromatic carbocycles. The highest BCUT2D eigenvalue weighted by atomic mass is 32.1. The van der Waals surface area contributed by atoms with E-state index in [1.807, 2.05) is 28.5 Å². The number of carbonyl (C=O) groups is 2. The van der Waals surface area contributed by atoms with Gasteiger partial charge in [0.25, 0.3) is 5.91 Å². The first-order chi connectivity index (χ1) is 12.2. The van der Waals surface area contributed by atoms with Crippen LogP contribution in [0.2, 0.25) is 0 Å². The van der Waals surface area contributed by atoms with E-state index >= 15 is 0 Å². The molecule has 2 aromatic rings. The molecule has 3 saturated heterocycles. The van der Waals surface area contributed by atoms with Crippen molar-refractivity contribution >= 4 is 38.9 Å². The number of thiophene rings is 1. The summed E-state index contributed by atoms with van der Waals surface area (Å²) in [5.41, 5.74) is 1.64. The second-order valence-electron chi connectivity index (χ2n) is 7.34. The molecule has 5 nitrogen and oxygen atoms in total. The van der Waals surface area contributed by atoms with Gasteiger partial charge in [-0.15, -0.1) is 11.3 Å². The van der Waals surface area contributed by atoms with Gasteiger partial charge >= 0.3 is 0 Å². The zero-order valence-electron chi connectivity index (χ0n) is 14.0. The van der Waals surface area contributed by atoms with Gasteiger partial charge in [-0.05, 0) is 43.9 Å². The number of rotatable bonds is 3. The van der Waals surface area contributed by atoms with Crippen LogP contribution in [0.4, 0.5) is 5.69 Å². The molecule has 0 unspecified atom stereocenters. The molecule has 2 N–H and O–H groups in total. The van der Waals surface area contributed by atoms with Gasteiger partial charge in [-0.25, -0.2) is 0 Å². The van der Waals surface area contributed by atoms with Crippen molar-refractivity contribution in [3.63, 3.8) is 0 Å². The maximum Gasteiger partial charge on any atom is 0.251 e. The van der Waals surface area contributed by atoms with E-state index in [0.29, 0.717) is 24.1 Å². The van der Waals surface area contributed by atoms with E-state index in [0.717, 1.165) is 41.6 Å². The third-order valence-corrected chi connectivity index (χ3v) is 6.75. The lowest BCUT2D eigenvalue weighted by molar-refractivity contribution is -0.117. The molecule has 0 radical (unpaired) electrons. The van der Waals surface area contributed by atoms with Crippen molar-refractivity contribution in [1.29, 1.82) is 0 Å². The lowest BCUT2D eigenvalue weighted by atomic mass is 9.95. The predicted molar refractivity (Wildman–Crippen MR) is 99.2 cm³/mol. The van der Waals surface area contributed by atoms with Crippen LogP contribution in [0.5, 0.6) is 0 Å². The maximum absolute atomic E-state index is 12.7. The minimum atomic E-state index is -0.00820. The number of anilines is 1. The Morgan fingerprint density at radius 3 is 2.96 bits per heavy atom. The van der Waals surface area contributed by atoms with E-state index in [-0.39, 0.29) is 17.9 Å². The van der Waals surface area contributed by atoms with E-state index in [9.17, 15) is 9.59 Å². The number of amides is 2. The summed E-state index contributed by atoms with van der Waals surface area (Å²) in [7, 11) is 0. The van der Waals surface area contributed by atoms with Crippen LogP contribution in [0, 0.1) is 0 Å². The molecule has 0 spiro atoms. The topological polar surface area (TPSA) is 61.4 Å². The quantitative estimate of drug-likeness (QED) is 0.890. The number of carbonyl (C=O) groups excluding carboxylic acids is 2. The van der Waals surface area contributed by atoms with Crippen molar-refractivity contribution in [2.24, 2.45) is 0 Å². The SMILES string of the molecule is O=C(N[C@@H]1C[C@H]2CC[C@@H]1N2)c1ccc2scc(N3CCCC3=O)c2c1. The minimum Gasteiger partial charge on any atom is -0.348 e. The average Bonchev–Trinajstić information content (AvgIpc) is 3.37. The Morgan fingerprint density at radius 2 is 2.24 bits per heavy atom. The Kier molecular flexibility index (Phi) is 3.57. The molecular formula is C19H21N3O2S. The van der Waals surface area contributed by atoms with Crippen molar-refractivity contribution in [1.82, 2.24) is 10.6 Å². The Balaban J connectivity index is 1.41. The summed E-state index contributed by atoms with van der Waals surface area (Å²) in [6, 6.07) is 7.08. The molecule has 3 fully saturated rings. The van der Waals surface area contributed by atoms with Crippen molar-refractivity contribution in [2.45, 2.75) is 50.2 Å². The number of fused-ring (bicyclic) bond motifs is 3. The Bertz CT molecular complexity index is 861. The van der Waals surface area contributed by atoms with Crippen LogP contribution in [0.25, 0.3) is 10.1 Å². The summed E-state index contributed by atoms with van der Waals surface area (Å²) < 4.78 is 1.12. The van der Waals surface area contributed by atoms with E-state index in [2.05, 4.69) is 10.6 Å². The highest BCUT2D eigenvalue weighted by Crippen LogP contribution is 2.36. The molecular weight excluding hydrogens is 334 g/mol. The Hall–Kier alpha value is -1.92. The van der Waals surface area contributed by atoms with Crippen LogP contribution in [0.3, 0.4) is 0 Å². The molecule has 0 saturated carbocycles. The van der Waals surface area contributed by atoms with E-state index in [1.165, 1.54) is 6.42 Å². The zero-order chi connectivity index (χ0) is 17.0. The fraction of sp³-hybridized carbons (Fsp3) is 0.474. The Morgan fingerprint density at radius 1 is 1.32 bits per heavy atom. The largest absolute Gasteiger partial charge is 0.348 e. The standard InChI is InChI=1S/C19H21N3O2S/c23-18-2-1-7-22(18)16-10-25-17-6-3-11(8-13(16)17)19(24)21-15-9-12-4-5-14(15)20-12/h3,6,8,10,12,14-15,20H,1-2,4-5,7,9H2,(H,21,24)/t12-,14+,15-/m1/s1. The van der Waals surface area contributed by atoms with Crippen LogP contribution in [0.1, 0.15) is 42.5 Å². The maximum atomic E-state index is 12.7. The number of hydrogen-bond donors (Lipinski definition) is 2. The fourth-order valence-corrected chi connectivity index (χ4v) is 5.43. The first kappa shape index (κ1) is 15.3. The molecule has 25 heavy (non-hydrogen) atoms. The first-order valence-corrected chi connectivity index (χ1v) is 9.95. The summed E-state index contributed by atoms with van der Waals surface area (Å²) in [6.07, 6.45) is 4.94. The van der Waals surface area contributed by atoms with Gasteiger partial charge in [0.15, 0.2) is 0 Å². The summed E-state index contributed by atoms with van der Waals surface area (Å²) in [5.74, 6) is 0.175. The normalized spacial score (nSPS) is 28.2. The van der Waals surface area contributed by atoms with Gasteiger partial charge in [0.05, 0.1) is 5.69 Å². The van der Waals surface area contributed by atoms with Gasteiger partial charge in [0, 0.05) is 52.1 Å².